The summed E-state index contributed by atoms with van der Waals surface area (Å²) >= 11 is 6.89. The molecule has 0 saturated heterocycles. The molecule has 0 saturated carbocycles. The average Bonchev–Trinajstić information content (AvgIpc) is 2.66. The standard InChI is InChI=1S/C11H11ClFNO2S/c1-17-10-8-7(16-5-4-12)3-2-6(13)9(8)14-11(10)15/h2-3,10H,4-5H2,1H3,(H,14,15). The molecule has 1 amide bonds. The number of anilines is 1. The van der Waals surface area contributed by atoms with Gasteiger partial charge in [0, 0.05) is 5.56 Å². The predicted molar refractivity (Wildman–Crippen MR) is 67.5 cm³/mol. The van der Waals surface area contributed by atoms with Crippen LogP contribution in [0.3, 0.4) is 0 Å². The van der Waals surface area contributed by atoms with Crippen LogP contribution in [0.15, 0.2) is 12.1 Å². The molecule has 1 aromatic carbocycles. The number of amides is 1. The lowest BCUT2D eigenvalue weighted by Gasteiger charge is -2.12. The van der Waals surface area contributed by atoms with E-state index in [2.05, 4.69) is 5.32 Å². The third-order valence-electron chi connectivity index (χ3n) is 2.47. The number of rotatable bonds is 4. The summed E-state index contributed by atoms with van der Waals surface area (Å²) in [6.07, 6.45) is 1.80. The van der Waals surface area contributed by atoms with Crippen LogP contribution in [0, 0.1) is 5.82 Å². The molecule has 17 heavy (non-hydrogen) atoms. The minimum atomic E-state index is -0.442. The van der Waals surface area contributed by atoms with Crippen molar-refractivity contribution in [2.24, 2.45) is 0 Å². The summed E-state index contributed by atoms with van der Waals surface area (Å²) in [5, 5.41) is 2.11. The van der Waals surface area contributed by atoms with Crippen molar-refractivity contribution in [3.8, 4) is 5.75 Å². The maximum Gasteiger partial charge on any atom is 0.242 e. The molecule has 0 radical (unpaired) electrons. The van der Waals surface area contributed by atoms with Crippen molar-refractivity contribution >= 4 is 35.0 Å². The number of hydrogen-bond acceptors (Lipinski definition) is 3. The van der Waals surface area contributed by atoms with Crippen LogP contribution < -0.4 is 10.1 Å². The lowest BCUT2D eigenvalue weighted by Crippen LogP contribution is -2.09. The van der Waals surface area contributed by atoms with Crippen LogP contribution in [0.4, 0.5) is 10.1 Å². The van der Waals surface area contributed by atoms with Gasteiger partial charge in [0.25, 0.3) is 0 Å². The number of carbonyl (C=O) groups is 1. The highest BCUT2D eigenvalue weighted by Crippen LogP contribution is 2.45. The molecular formula is C11H11ClFNO2S. The molecule has 6 heteroatoms. The van der Waals surface area contributed by atoms with Gasteiger partial charge in [0.1, 0.15) is 23.4 Å². The van der Waals surface area contributed by atoms with Crippen molar-refractivity contribution in [1.82, 2.24) is 0 Å². The van der Waals surface area contributed by atoms with E-state index in [0.717, 1.165) is 0 Å². The Labute approximate surface area is 108 Å². The zero-order valence-corrected chi connectivity index (χ0v) is 10.7. The van der Waals surface area contributed by atoms with Crippen LogP contribution in [-0.2, 0) is 4.79 Å². The van der Waals surface area contributed by atoms with Crippen molar-refractivity contribution in [2.75, 3.05) is 24.1 Å². The third kappa shape index (κ3) is 2.21. The number of ether oxygens (including phenoxy) is 1. The Hall–Kier alpha value is -0.940. The van der Waals surface area contributed by atoms with Gasteiger partial charge in [0.05, 0.1) is 11.6 Å². The van der Waals surface area contributed by atoms with Crippen LogP contribution in [0.25, 0.3) is 0 Å². The summed E-state index contributed by atoms with van der Waals surface area (Å²) in [4.78, 5) is 11.7. The molecule has 1 atom stereocenters. The highest BCUT2D eigenvalue weighted by Gasteiger charge is 2.35. The molecule has 0 aliphatic carbocycles. The van der Waals surface area contributed by atoms with E-state index in [1.807, 2.05) is 0 Å². The van der Waals surface area contributed by atoms with E-state index < -0.39 is 11.1 Å². The monoisotopic (exact) mass is 275 g/mol. The van der Waals surface area contributed by atoms with Crippen LogP contribution in [0.2, 0.25) is 0 Å². The van der Waals surface area contributed by atoms with Crippen LogP contribution in [0.5, 0.6) is 5.75 Å². The highest BCUT2D eigenvalue weighted by atomic mass is 35.5. The lowest BCUT2D eigenvalue weighted by molar-refractivity contribution is -0.115. The van der Waals surface area contributed by atoms with Crippen LogP contribution >= 0.6 is 23.4 Å². The number of fused-ring (bicyclic) bond motifs is 1. The van der Waals surface area contributed by atoms with E-state index in [9.17, 15) is 9.18 Å². The van der Waals surface area contributed by atoms with E-state index >= 15 is 0 Å². The summed E-state index contributed by atoms with van der Waals surface area (Å²) < 4.78 is 19.0. The summed E-state index contributed by atoms with van der Waals surface area (Å²) in [7, 11) is 0. The second-order valence-corrected chi connectivity index (χ2v) is 4.80. The number of alkyl halides is 1. The number of hydrogen-bond donors (Lipinski definition) is 1. The number of carbonyl (C=O) groups excluding carboxylic acids is 1. The maximum atomic E-state index is 13.6. The minimum Gasteiger partial charge on any atom is -0.492 e. The van der Waals surface area contributed by atoms with Crippen LogP contribution in [0.1, 0.15) is 10.8 Å². The Kier molecular flexibility index (Phi) is 3.79. The smallest absolute Gasteiger partial charge is 0.242 e. The number of thioether (sulfide) groups is 1. The molecule has 2 rings (SSSR count). The Morgan fingerprint density at radius 1 is 1.59 bits per heavy atom. The molecule has 0 aromatic heterocycles. The molecule has 0 spiro atoms. The summed E-state index contributed by atoms with van der Waals surface area (Å²) in [6.45, 7) is 0.328. The fourth-order valence-electron chi connectivity index (χ4n) is 1.78. The van der Waals surface area contributed by atoms with Gasteiger partial charge in [0.15, 0.2) is 0 Å². The van der Waals surface area contributed by atoms with Crippen molar-refractivity contribution in [1.29, 1.82) is 0 Å². The number of halogens is 2. The van der Waals surface area contributed by atoms with Crippen molar-refractivity contribution in [2.45, 2.75) is 5.25 Å². The Balaban J connectivity index is 2.44. The van der Waals surface area contributed by atoms with Crippen LogP contribution in [-0.4, -0.2) is 24.6 Å². The highest BCUT2D eigenvalue weighted by molar-refractivity contribution is 7.99. The molecule has 0 fully saturated rings. The summed E-state index contributed by atoms with van der Waals surface area (Å²) in [6, 6.07) is 2.82. The SMILES string of the molecule is CSC1C(=O)Nc2c(F)ccc(OCCCl)c21. The van der Waals surface area contributed by atoms with Crippen molar-refractivity contribution in [3.05, 3.63) is 23.5 Å². The zero-order chi connectivity index (χ0) is 12.4. The Morgan fingerprint density at radius 3 is 3.00 bits per heavy atom. The second-order valence-electron chi connectivity index (χ2n) is 3.48. The summed E-state index contributed by atoms with van der Waals surface area (Å²) in [5.74, 6) is 0.202. The van der Waals surface area contributed by atoms with Gasteiger partial charge in [-0.2, -0.15) is 0 Å². The molecular weight excluding hydrogens is 265 g/mol. The second kappa shape index (κ2) is 5.14. The maximum absolute atomic E-state index is 13.6. The fourth-order valence-corrected chi connectivity index (χ4v) is 2.60. The summed E-state index contributed by atoms with van der Waals surface area (Å²) in [5.41, 5.74) is 0.800. The normalized spacial score (nSPS) is 17.8. The van der Waals surface area contributed by atoms with Gasteiger partial charge in [-0.15, -0.1) is 23.4 Å². The van der Waals surface area contributed by atoms with Crippen molar-refractivity contribution < 1.29 is 13.9 Å². The quantitative estimate of drug-likeness (QED) is 0.859. The first-order valence-electron chi connectivity index (χ1n) is 5.04. The van der Waals surface area contributed by atoms with Gasteiger partial charge < -0.3 is 10.1 Å². The van der Waals surface area contributed by atoms with Gasteiger partial charge in [-0.3, -0.25) is 4.79 Å². The fraction of sp³-hybridized carbons (Fsp3) is 0.364. The molecule has 3 nitrogen and oxygen atoms in total. The van der Waals surface area contributed by atoms with Gasteiger partial charge in [0.2, 0.25) is 5.91 Å². The van der Waals surface area contributed by atoms with Gasteiger partial charge in [-0.25, -0.2) is 4.39 Å². The minimum absolute atomic E-state index is 0.215. The molecule has 1 unspecified atom stereocenters. The molecule has 1 aliphatic heterocycles. The van der Waals surface area contributed by atoms with E-state index in [1.54, 1.807) is 6.26 Å². The Morgan fingerprint density at radius 2 is 2.35 bits per heavy atom. The molecule has 1 heterocycles. The van der Waals surface area contributed by atoms with Gasteiger partial charge >= 0.3 is 0 Å². The predicted octanol–water partition coefficient (Wildman–Crippen LogP) is 2.80. The van der Waals surface area contributed by atoms with E-state index in [0.29, 0.717) is 23.8 Å². The average molecular weight is 276 g/mol. The largest absolute Gasteiger partial charge is 0.492 e. The topological polar surface area (TPSA) is 38.3 Å². The molecule has 1 aliphatic rings. The zero-order valence-electron chi connectivity index (χ0n) is 9.13. The Bertz CT molecular complexity index is 455. The van der Waals surface area contributed by atoms with Gasteiger partial charge in [-0.1, -0.05) is 0 Å². The van der Waals surface area contributed by atoms with Crippen molar-refractivity contribution in [3.63, 3.8) is 0 Å². The van der Waals surface area contributed by atoms with E-state index in [4.69, 9.17) is 16.3 Å². The van der Waals surface area contributed by atoms with E-state index in [-0.39, 0.29) is 11.6 Å². The molecule has 1 N–H and O–H groups in total. The number of nitrogens with one attached hydrogen (secondary N) is 1. The first-order chi connectivity index (χ1) is 8.19. The third-order valence-corrected chi connectivity index (χ3v) is 3.55. The number of benzene rings is 1. The lowest BCUT2D eigenvalue weighted by atomic mass is 10.1. The first-order valence-corrected chi connectivity index (χ1v) is 6.86. The molecule has 0 bridgehead atoms. The molecule has 92 valence electrons. The molecule has 1 aromatic rings. The van der Waals surface area contributed by atoms with E-state index in [1.165, 1.54) is 23.9 Å². The first kappa shape index (κ1) is 12.5. The van der Waals surface area contributed by atoms with Gasteiger partial charge in [-0.05, 0) is 18.4 Å².